The van der Waals surface area contributed by atoms with Gasteiger partial charge in [-0.05, 0) is 68.0 Å². The van der Waals surface area contributed by atoms with Crippen LogP contribution in [0.4, 0.5) is 40.2 Å². The Balaban J connectivity index is 1.55. The van der Waals surface area contributed by atoms with Crippen LogP contribution in [0.25, 0.3) is 11.1 Å². The van der Waals surface area contributed by atoms with Gasteiger partial charge in [-0.15, -0.1) is 0 Å². The van der Waals surface area contributed by atoms with E-state index in [2.05, 4.69) is 65.2 Å². The topological polar surface area (TPSA) is 131 Å². The third-order valence-corrected chi connectivity index (χ3v) is 9.37. The fourth-order valence-electron chi connectivity index (χ4n) is 5.29. The lowest BCUT2D eigenvalue weighted by Crippen LogP contribution is -2.41. The molecule has 2 aromatic carbocycles. The molecule has 5 rings (SSSR count). The average molecular weight is 695 g/mol. The molecule has 3 heterocycles. The second-order valence-corrected chi connectivity index (χ2v) is 15.0. The molecular formula is C31H37BrN9O3P. The Bertz CT molecular complexity index is 1800. The second-order valence-electron chi connectivity index (χ2n) is 11.0. The highest BCUT2D eigenvalue weighted by Crippen LogP contribution is 2.46. The normalized spacial score (nSPS) is 15.4. The molecule has 4 aromatic rings. The van der Waals surface area contributed by atoms with Gasteiger partial charge in [0, 0.05) is 61.6 Å². The smallest absolute Gasteiger partial charge is 0.229 e. The first-order valence-electron chi connectivity index (χ1n) is 14.3. The largest absolute Gasteiger partial charge is 0.494 e. The summed E-state index contributed by atoms with van der Waals surface area (Å²) in [5.41, 5.74) is 5.33. The van der Waals surface area contributed by atoms with E-state index in [9.17, 15) is 4.57 Å². The summed E-state index contributed by atoms with van der Waals surface area (Å²) in [6.07, 6.45) is 7.23. The van der Waals surface area contributed by atoms with Crippen molar-refractivity contribution in [2.24, 2.45) is 17.0 Å². The van der Waals surface area contributed by atoms with Gasteiger partial charge in [0.15, 0.2) is 0 Å². The van der Waals surface area contributed by atoms with Crippen molar-refractivity contribution in [2.45, 2.75) is 20.0 Å². The number of aryl methyl sites for hydroxylation is 1. The summed E-state index contributed by atoms with van der Waals surface area (Å²) in [7, 11) is 0.714. The molecule has 0 amide bonds. The van der Waals surface area contributed by atoms with Crippen molar-refractivity contribution in [1.29, 1.82) is 0 Å². The monoisotopic (exact) mass is 693 g/mol. The van der Waals surface area contributed by atoms with Crippen LogP contribution >= 0.6 is 23.1 Å². The van der Waals surface area contributed by atoms with Crippen LogP contribution in [0.3, 0.4) is 0 Å². The van der Waals surface area contributed by atoms with Gasteiger partial charge in [-0.3, -0.25) is 14.7 Å². The molecule has 12 nitrogen and oxygen atoms in total. The van der Waals surface area contributed by atoms with Gasteiger partial charge in [0.25, 0.3) is 0 Å². The number of aliphatic imine (C=N–C) groups is 2. The van der Waals surface area contributed by atoms with E-state index in [1.54, 1.807) is 50.5 Å². The number of halogens is 1. The van der Waals surface area contributed by atoms with Crippen LogP contribution in [-0.4, -0.2) is 78.9 Å². The molecule has 0 saturated carbocycles. The number of nitrogens with one attached hydrogen (secondary N) is 2. The predicted octanol–water partition coefficient (Wildman–Crippen LogP) is 6.66. The highest BCUT2D eigenvalue weighted by Gasteiger charge is 2.25. The van der Waals surface area contributed by atoms with Crippen LogP contribution in [0, 0.1) is 0 Å². The van der Waals surface area contributed by atoms with E-state index in [4.69, 9.17) is 14.5 Å². The summed E-state index contributed by atoms with van der Waals surface area (Å²) in [6.45, 7) is 13.1. The Morgan fingerprint density at radius 2 is 2.02 bits per heavy atom. The number of hydrogen-bond donors (Lipinski definition) is 2. The van der Waals surface area contributed by atoms with Gasteiger partial charge < -0.3 is 29.6 Å². The highest BCUT2D eigenvalue weighted by molar-refractivity contribution is 9.10. The van der Waals surface area contributed by atoms with Crippen LogP contribution in [0.15, 0.2) is 57.3 Å². The zero-order valence-corrected chi connectivity index (χ0v) is 28.7. The quantitative estimate of drug-likeness (QED) is 0.138. The second kappa shape index (κ2) is 13.5. The molecule has 0 radical (unpaired) electrons. The Labute approximate surface area is 271 Å². The zero-order valence-electron chi connectivity index (χ0n) is 26.2. The van der Waals surface area contributed by atoms with Gasteiger partial charge in [-0.1, -0.05) is 0 Å². The lowest BCUT2D eigenvalue weighted by Gasteiger charge is -2.34. The third-order valence-electron chi connectivity index (χ3n) is 7.26. The number of nitrogens with zero attached hydrogens (tertiary/aromatic N) is 7. The summed E-state index contributed by atoms with van der Waals surface area (Å²) < 4.78 is 27.6. The number of aromatic nitrogens is 4. The minimum atomic E-state index is -2.82. The number of methoxy groups -OCH3 is 1. The summed E-state index contributed by atoms with van der Waals surface area (Å²) in [6, 6.07) is 7.65. The minimum absolute atomic E-state index is 0.107. The van der Waals surface area contributed by atoms with E-state index in [1.165, 1.54) is 0 Å². The van der Waals surface area contributed by atoms with Crippen molar-refractivity contribution in [3.63, 3.8) is 0 Å². The number of morpholine rings is 1. The maximum atomic E-state index is 13.5. The molecule has 1 fully saturated rings. The molecule has 236 valence electrons. The molecule has 1 aliphatic rings. The molecular weight excluding hydrogens is 657 g/mol. The first kappa shape index (κ1) is 32.3. The number of anilines is 5. The molecule has 1 aliphatic heterocycles. The minimum Gasteiger partial charge on any atom is -0.494 e. The lowest BCUT2D eigenvalue weighted by atomic mass is 10.0. The standard InChI is InChI=1S/C31H37BrN9O3P/c1-8-34-28-23(33-3)9-10-24(29(28)45(6,7)42)37-30-22(32)16-35-31(39-30)38-25-13-21(20-15-36-40(4)18-20)26(14-27(25)43-5)41-11-12-44-19(2)17-41/h8-10,13-16,18-19H,3,11-12,17H2,1-2,4-7H3,(H2,35,37,38,39)/b34-8-/t19-/m1/s1. The third kappa shape index (κ3) is 7.11. The van der Waals surface area contributed by atoms with E-state index in [-0.39, 0.29) is 6.10 Å². The Hall–Kier alpha value is -4.06. The molecule has 0 aliphatic carbocycles. The summed E-state index contributed by atoms with van der Waals surface area (Å²) >= 11 is 3.56. The molecule has 1 saturated heterocycles. The van der Waals surface area contributed by atoms with Gasteiger partial charge in [0.2, 0.25) is 5.95 Å². The van der Waals surface area contributed by atoms with Gasteiger partial charge in [-0.25, -0.2) is 4.98 Å². The molecule has 0 bridgehead atoms. The summed E-state index contributed by atoms with van der Waals surface area (Å²) in [5.74, 6) is 1.43. The van der Waals surface area contributed by atoms with Crippen molar-refractivity contribution in [3.8, 4) is 16.9 Å². The van der Waals surface area contributed by atoms with Gasteiger partial charge in [-0.2, -0.15) is 10.1 Å². The fourth-order valence-corrected chi connectivity index (χ4v) is 6.97. The average Bonchev–Trinajstić information content (AvgIpc) is 3.44. The van der Waals surface area contributed by atoms with E-state index >= 15 is 0 Å². The number of ether oxygens (including phenoxy) is 2. The maximum absolute atomic E-state index is 13.5. The molecule has 0 unspecified atom stereocenters. The molecule has 45 heavy (non-hydrogen) atoms. The zero-order chi connectivity index (χ0) is 32.3. The van der Waals surface area contributed by atoms with E-state index in [0.29, 0.717) is 56.6 Å². The number of rotatable bonds is 10. The van der Waals surface area contributed by atoms with Crippen molar-refractivity contribution in [3.05, 3.63) is 47.3 Å². The predicted molar refractivity (Wildman–Crippen MR) is 188 cm³/mol. The van der Waals surface area contributed by atoms with E-state index < -0.39 is 7.14 Å². The summed E-state index contributed by atoms with van der Waals surface area (Å²) in [5, 5.41) is 11.7. The van der Waals surface area contributed by atoms with Crippen LogP contribution in [0.5, 0.6) is 5.75 Å². The maximum Gasteiger partial charge on any atom is 0.229 e. The first-order chi connectivity index (χ1) is 21.5. The Morgan fingerprint density at radius 1 is 1.22 bits per heavy atom. The fraction of sp³-hybridized carbons (Fsp3) is 0.323. The lowest BCUT2D eigenvalue weighted by molar-refractivity contribution is 0.0532. The SMILES string of the molecule is C=Nc1ccc(Nc2nc(Nc3cc(-c4cnn(C)c4)c(N4CCO[C@H](C)C4)cc3OC)ncc2Br)c(P(C)(C)=O)c1/N=C\C. The molecule has 14 heteroatoms. The van der Waals surface area contributed by atoms with Crippen molar-refractivity contribution in [1.82, 2.24) is 19.7 Å². The van der Waals surface area contributed by atoms with Crippen molar-refractivity contribution in [2.75, 3.05) is 55.7 Å². The highest BCUT2D eigenvalue weighted by atomic mass is 79.9. The van der Waals surface area contributed by atoms with Gasteiger partial charge >= 0.3 is 0 Å². The molecule has 2 aromatic heterocycles. The van der Waals surface area contributed by atoms with Crippen molar-refractivity contribution < 1.29 is 14.0 Å². The molecule has 2 N–H and O–H groups in total. The summed E-state index contributed by atoms with van der Waals surface area (Å²) in [4.78, 5) is 20.2. The van der Waals surface area contributed by atoms with Crippen LogP contribution in [0.1, 0.15) is 13.8 Å². The van der Waals surface area contributed by atoms with Gasteiger partial charge in [0.05, 0.1) is 52.9 Å². The molecule has 0 spiro atoms. The van der Waals surface area contributed by atoms with Gasteiger partial charge in [0.1, 0.15) is 24.4 Å². The van der Waals surface area contributed by atoms with Crippen LogP contribution in [0.2, 0.25) is 0 Å². The first-order valence-corrected chi connectivity index (χ1v) is 17.7. The Kier molecular flexibility index (Phi) is 9.71. The number of hydrogen-bond acceptors (Lipinski definition) is 11. The molecule has 1 atom stereocenters. The van der Waals surface area contributed by atoms with E-state index in [0.717, 1.165) is 29.9 Å². The van der Waals surface area contributed by atoms with Crippen LogP contribution in [-0.2, 0) is 16.3 Å². The van der Waals surface area contributed by atoms with Crippen molar-refractivity contribution >= 4 is 81.5 Å². The number of benzene rings is 2. The van der Waals surface area contributed by atoms with E-state index in [1.807, 2.05) is 37.6 Å². The Morgan fingerprint density at radius 3 is 2.67 bits per heavy atom. The van der Waals surface area contributed by atoms with Crippen LogP contribution < -0.4 is 25.6 Å².